The lowest BCUT2D eigenvalue weighted by Gasteiger charge is -2.06. The molecule has 148 valence electrons. The Labute approximate surface area is 178 Å². The molecule has 30 heavy (non-hydrogen) atoms. The van der Waals surface area contributed by atoms with Crippen molar-refractivity contribution in [3.05, 3.63) is 88.0 Å². The monoisotopic (exact) mass is 462 g/mol. The average Bonchev–Trinajstić information content (AvgIpc) is 3.32. The summed E-state index contributed by atoms with van der Waals surface area (Å²) in [5.41, 5.74) is 3.10. The number of rotatable bonds is 4. The molecule has 0 fully saturated rings. The van der Waals surface area contributed by atoms with Crippen LogP contribution in [0.2, 0.25) is 0 Å². The minimum atomic E-state index is -0.391. The second-order valence-corrected chi connectivity index (χ2v) is 7.54. The lowest BCUT2D eigenvalue weighted by atomic mass is 10.1. The van der Waals surface area contributed by atoms with E-state index in [1.807, 2.05) is 54.6 Å². The first-order valence-corrected chi connectivity index (χ1v) is 9.97. The minimum Gasteiger partial charge on any atom is -0.323 e. The Hall–Kier alpha value is -3.72. The molecule has 0 aliphatic carbocycles. The van der Waals surface area contributed by atoms with Gasteiger partial charge in [0.1, 0.15) is 12.1 Å². The first-order valence-electron chi connectivity index (χ1n) is 9.17. The first-order chi connectivity index (χ1) is 14.6. The molecule has 0 bridgehead atoms. The van der Waals surface area contributed by atoms with Gasteiger partial charge in [-0.15, -0.1) is 5.10 Å². The van der Waals surface area contributed by atoms with E-state index in [0.29, 0.717) is 16.9 Å². The number of para-hydroxylation sites is 1. The highest BCUT2D eigenvalue weighted by Gasteiger charge is 2.15. The van der Waals surface area contributed by atoms with Crippen LogP contribution in [0.5, 0.6) is 0 Å². The molecule has 5 rings (SSSR count). The van der Waals surface area contributed by atoms with Crippen molar-refractivity contribution in [2.75, 3.05) is 5.32 Å². The summed E-state index contributed by atoms with van der Waals surface area (Å²) >= 11 is 3.39. The van der Waals surface area contributed by atoms with Gasteiger partial charge in [0, 0.05) is 22.4 Å². The Morgan fingerprint density at radius 3 is 2.57 bits per heavy atom. The topological polar surface area (TPSA) is 85.7 Å². The number of anilines is 1. The fourth-order valence-corrected chi connectivity index (χ4v) is 3.66. The van der Waals surface area contributed by atoms with Gasteiger partial charge in [0.2, 0.25) is 5.91 Å². The molecule has 8 nitrogen and oxygen atoms in total. The molecule has 0 atom stereocenters. The summed E-state index contributed by atoms with van der Waals surface area (Å²) in [5, 5.41) is 11.7. The van der Waals surface area contributed by atoms with Crippen molar-refractivity contribution in [3.63, 3.8) is 0 Å². The molecule has 3 heterocycles. The molecule has 3 aromatic heterocycles. The molecule has 0 saturated heterocycles. The summed E-state index contributed by atoms with van der Waals surface area (Å²) in [6.07, 6.45) is 3.30. The smallest absolute Gasteiger partial charge is 0.323 e. The van der Waals surface area contributed by atoms with E-state index in [4.69, 9.17) is 0 Å². The number of hydrogen-bond acceptors (Lipinski definition) is 4. The highest BCUT2D eigenvalue weighted by atomic mass is 79.9. The van der Waals surface area contributed by atoms with Gasteiger partial charge >= 0.3 is 5.69 Å². The molecule has 0 saturated carbocycles. The van der Waals surface area contributed by atoms with Crippen LogP contribution in [-0.4, -0.2) is 29.7 Å². The van der Waals surface area contributed by atoms with E-state index in [9.17, 15) is 9.59 Å². The van der Waals surface area contributed by atoms with Gasteiger partial charge in [0.05, 0.1) is 11.4 Å². The molecule has 0 aliphatic heterocycles. The fraction of sp³-hybridized carbons (Fsp3) is 0.0476. The van der Waals surface area contributed by atoms with Crippen molar-refractivity contribution in [1.82, 2.24) is 23.8 Å². The summed E-state index contributed by atoms with van der Waals surface area (Å²) in [6.45, 7) is -0.201. The average molecular weight is 463 g/mol. The molecule has 2 aromatic carbocycles. The predicted octanol–water partition coefficient (Wildman–Crippen LogP) is 3.21. The Morgan fingerprint density at radius 2 is 1.77 bits per heavy atom. The fourth-order valence-electron chi connectivity index (χ4n) is 3.28. The Morgan fingerprint density at radius 1 is 1.00 bits per heavy atom. The van der Waals surface area contributed by atoms with Crippen LogP contribution in [0, 0.1) is 0 Å². The summed E-state index contributed by atoms with van der Waals surface area (Å²) < 4.78 is 5.00. The third-order valence-corrected chi connectivity index (χ3v) is 5.39. The number of carbonyl (C=O) groups is 1. The minimum absolute atomic E-state index is 0.201. The Bertz CT molecular complexity index is 1450. The van der Waals surface area contributed by atoms with E-state index in [1.54, 1.807) is 23.0 Å². The Balaban J connectivity index is 1.51. The molecule has 0 radical (unpaired) electrons. The quantitative estimate of drug-likeness (QED) is 0.444. The summed E-state index contributed by atoms with van der Waals surface area (Å²) in [6, 6.07) is 18.9. The number of nitrogens with zero attached hydrogens (tertiary/aromatic N) is 5. The second-order valence-electron chi connectivity index (χ2n) is 6.69. The number of fused-ring (bicyclic) bond motifs is 3. The van der Waals surface area contributed by atoms with Crippen LogP contribution in [0.3, 0.4) is 0 Å². The lowest BCUT2D eigenvalue weighted by molar-refractivity contribution is -0.117. The predicted molar refractivity (Wildman–Crippen MR) is 116 cm³/mol. The number of aromatic nitrogens is 5. The maximum Gasteiger partial charge on any atom is 0.350 e. The first kappa shape index (κ1) is 18.3. The molecule has 0 aliphatic rings. The maximum atomic E-state index is 12.7. The van der Waals surface area contributed by atoms with Crippen LogP contribution in [0.4, 0.5) is 5.69 Å². The van der Waals surface area contributed by atoms with Gasteiger partial charge < -0.3 is 5.32 Å². The molecule has 0 spiro atoms. The van der Waals surface area contributed by atoms with E-state index < -0.39 is 5.69 Å². The number of halogens is 1. The highest BCUT2D eigenvalue weighted by Crippen LogP contribution is 2.22. The van der Waals surface area contributed by atoms with Crippen LogP contribution in [0.15, 0.2) is 82.3 Å². The van der Waals surface area contributed by atoms with Crippen LogP contribution in [0.1, 0.15) is 0 Å². The van der Waals surface area contributed by atoms with Crippen LogP contribution in [0.25, 0.3) is 22.4 Å². The number of carbonyl (C=O) groups excluding carboxylic acids is 1. The summed E-state index contributed by atoms with van der Waals surface area (Å²) in [4.78, 5) is 25.2. The number of benzene rings is 2. The zero-order valence-corrected chi connectivity index (χ0v) is 17.2. The molecule has 0 unspecified atom stereocenters. The van der Waals surface area contributed by atoms with E-state index in [0.717, 1.165) is 20.4 Å². The van der Waals surface area contributed by atoms with Crippen LogP contribution < -0.4 is 11.0 Å². The van der Waals surface area contributed by atoms with Crippen LogP contribution >= 0.6 is 15.9 Å². The van der Waals surface area contributed by atoms with E-state index in [-0.39, 0.29) is 12.5 Å². The number of amides is 1. The van der Waals surface area contributed by atoms with Gasteiger partial charge in [-0.05, 0) is 34.1 Å². The highest BCUT2D eigenvalue weighted by molar-refractivity contribution is 9.10. The van der Waals surface area contributed by atoms with E-state index in [2.05, 4.69) is 31.4 Å². The standard InChI is InChI=1S/C21H15BrN6O2/c22-15-8-4-5-9-16(15)23-19(29)13-28-21(30)26-10-11-27-18(20(26)25-28)12-17(24-27)14-6-2-1-3-7-14/h1-12H,13H2,(H,23,29). The second kappa shape index (κ2) is 7.27. The van der Waals surface area contributed by atoms with Crippen molar-refractivity contribution < 1.29 is 4.79 Å². The van der Waals surface area contributed by atoms with Gasteiger partial charge in [0.25, 0.3) is 0 Å². The molecular formula is C21H15BrN6O2. The summed E-state index contributed by atoms with van der Waals surface area (Å²) in [7, 11) is 0. The zero-order chi connectivity index (χ0) is 20.7. The van der Waals surface area contributed by atoms with Gasteiger partial charge in [0.15, 0.2) is 5.65 Å². The molecule has 1 N–H and O–H groups in total. The van der Waals surface area contributed by atoms with Crippen molar-refractivity contribution in [2.24, 2.45) is 0 Å². The van der Waals surface area contributed by atoms with Gasteiger partial charge in [-0.1, -0.05) is 42.5 Å². The van der Waals surface area contributed by atoms with Gasteiger partial charge in [-0.2, -0.15) is 5.10 Å². The molecule has 1 amide bonds. The SMILES string of the molecule is O=C(Cn1nc2c3cc(-c4ccccc4)nn3ccn2c1=O)Nc1ccccc1Br. The maximum absolute atomic E-state index is 12.7. The van der Waals surface area contributed by atoms with Gasteiger partial charge in [-0.25, -0.2) is 18.4 Å². The van der Waals surface area contributed by atoms with Crippen molar-refractivity contribution in [3.8, 4) is 11.3 Å². The van der Waals surface area contributed by atoms with Crippen molar-refractivity contribution in [2.45, 2.75) is 6.54 Å². The third kappa shape index (κ3) is 3.18. The zero-order valence-electron chi connectivity index (χ0n) is 15.6. The largest absolute Gasteiger partial charge is 0.350 e. The van der Waals surface area contributed by atoms with E-state index in [1.165, 1.54) is 4.40 Å². The number of hydrogen-bond donors (Lipinski definition) is 1. The Kier molecular flexibility index (Phi) is 4.44. The normalized spacial score (nSPS) is 11.2. The van der Waals surface area contributed by atoms with Crippen molar-refractivity contribution in [1.29, 1.82) is 0 Å². The number of nitrogens with one attached hydrogen (secondary N) is 1. The van der Waals surface area contributed by atoms with Gasteiger partial charge in [-0.3, -0.25) is 4.79 Å². The molecule has 9 heteroatoms. The molecular weight excluding hydrogens is 448 g/mol. The third-order valence-electron chi connectivity index (χ3n) is 4.70. The summed E-state index contributed by atoms with van der Waals surface area (Å²) in [5.74, 6) is -0.345. The lowest BCUT2D eigenvalue weighted by Crippen LogP contribution is -2.28. The van der Waals surface area contributed by atoms with E-state index >= 15 is 0 Å². The molecule has 5 aromatic rings. The van der Waals surface area contributed by atoms with Crippen molar-refractivity contribution >= 4 is 38.7 Å². The van der Waals surface area contributed by atoms with Crippen LogP contribution in [-0.2, 0) is 11.3 Å².